The zero-order valence-corrected chi connectivity index (χ0v) is 11.6. The maximum Gasteiger partial charge on any atom is 0.204 e. The number of oxime groups is 1. The number of tetrazole rings is 1. The first-order valence-electron chi connectivity index (χ1n) is 6.44. The van der Waals surface area contributed by atoms with E-state index >= 15 is 0 Å². The zero-order chi connectivity index (χ0) is 14.5. The Morgan fingerprint density at radius 2 is 2.05 bits per heavy atom. The monoisotopic (exact) mass is 274 g/mol. The molecule has 0 aliphatic rings. The molecule has 0 aliphatic carbocycles. The Morgan fingerprint density at radius 3 is 2.65 bits per heavy atom. The van der Waals surface area contributed by atoms with Crippen LogP contribution in [0, 0.1) is 0 Å². The van der Waals surface area contributed by atoms with Crippen molar-refractivity contribution in [2.75, 3.05) is 0 Å². The van der Waals surface area contributed by atoms with Crippen molar-refractivity contribution in [1.29, 1.82) is 0 Å². The molecule has 7 nitrogen and oxygen atoms in total. The van der Waals surface area contributed by atoms with Crippen molar-refractivity contribution < 1.29 is 5.21 Å². The normalized spacial score (nSPS) is 12.1. The van der Waals surface area contributed by atoms with E-state index in [0.29, 0.717) is 24.7 Å². The van der Waals surface area contributed by atoms with Crippen LogP contribution in [0.1, 0.15) is 31.7 Å². The second-order valence-electron chi connectivity index (χ2n) is 4.83. The number of nitrogens with two attached hydrogens (primary N) is 1. The highest BCUT2D eigenvalue weighted by Gasteiger charge is 2.07. The van der Waals surface area contributed by atoms with Crippen molar-refractivity contribution in [2.24, 2.45) is 10.9 Å². The summed E-state index contributed by atoms with van der Waals surface area (Å²) < 4.78 is 0. The van der Waals surface area contributed by atoms with Crippen molar-refractivity contribution in [3.8, 4) is 11.4 Å². The Morgan fingerprint density at radius 1 is 1.35 bits per heavy atom. The first kappa shape index (κ1) is 14.0. The smallest absolute Gasteiger partial charge is 0.204 e. The molecule has 1 aromatic carbocycles. The van der Waals surface area contributed by atoms with Gasteiger partial charge in [0.05, 0.1) is 6.54 Å². The Kier molecular flexibility index (Phi) is 4.29. The number of amidine groups is 1. The number of nitrogens with zero attached hydrogens (tertiary/aromatic N) is 5. The molecule has 0 unspecified atom stereocenters. The van der Waals surface area contributed by atoms with Gasteiger partial charge in [-0.3, -0.25) is 0 Å². The summed E-state index contributed by atoms with van der Waals surface area (Å²) in [6.45, 7) is 4.72. The summed E-state index contributed by atoms with van der Waals surface area (Å²) in [5, 5.41) is 23.6. The van der Waals surface area contributed by atoms with Crippen molar-refractivity contribution in [3.05, 3.63) is 29.8 Å². The summed E-state index contributed by atoms with van der Waals surface area (Å²) in [6.07, 6.45) is 0.374. The van der Waals surface area contributed by atoms with Crippen LogP contribution in [-0.2, 0) is 6.54 Å². The van der Waals surface area contributed by atoms with E-state index in [1.54, 1.807) is 0 Å². The third-order valence-corrected chi connectivity index (χ3v) is 2.98. The van der Waals surface area contributed by atoms with E-state index in [0.717, 1.165) is 5.56 Å². The van der Waals surface area contributed by atoms with E-state index in [2.05, 4.69) is 46.5 Å². The molecule has 20 heavy (non-hydrogen) atoms. The fourth-order valence-corrected chi connectivity index (χ4v) is 1.74. The van der Waals surface area contributed by atoms with E-state index in [1.165, 1.54) is 10.4 Å². The van der Waals surface area contributed by atoms with Gasteiger partial charge in [-0.05, 0) is 16.7 Å². The van der Waals surface area contributed by atoms with Crippen molar-refractivity contribution in [3.63, 3.8) is 0 Å². The van der Waals surface area contributed by atoms with Gasteiger partial charge in [0, 0.05) is 12.0 Å². The minimum atomic E-state index is 0.144. The van der Waals surface area contributed by atoms with Gasteiger partial charge in [-0.2, -0.15) is 4.80 Å². The molecule has 0 amide bonds. The molecule has 0 saturated heterocycles. The molecule has 0 radical (unpaired) electrons. The van der Waals surface area contributed by atoms with Crippen molar-refractivity contribution >= 4 is 5.84 Å². The van der Waals surface area contributed by atoms with Gasteiger partial charge in [-0.25, -0.2) is 0 Å². The largest absolute Gasteiger partial charge is 0.409 e. The van der Waals surface area contributed by atoms with E-state index < -0.39 is 0 Å². The molecule has 1 heterocycles. The lowest BCUT2D eigenvalue weighted by molar-refractivity contribution is 0.316. The first-order chi connectivity index (χ1) is 9.60. The molecule has 0 spiro atoms. The highest BCUT2D eigenvalue weighted by Crippen LogP contribution is 2.19. The Hall–Kier alpha value is -2.44. The first-order valence-corrected chi connectivity index (χ1v) is 6.44. The SMILES string of the molecule is CC(C)c1ccc(-c2nnn(CC/C(N)=N/O)n2)cc1. The number of aryl methyl sites for hydroxylation is 1. The van der Waals surface area contributed by atoms with Crippen LogP contribution in [0.15, 0.2) is 29.4 Å². The number of hydrogen-bond donors (Lipinski definition) is 2. The second-order valence-corrected chi connectivity index (χ2v) is 4.83. The van der Waals surface area contributed by atoms with Gasteiger partial charge >= 0.3 is 0 Å². The topological polar surface area (TPSA) is 102 Å². The van der Waals surface area contributed by atoms with E-state index in [4.69, 9.17) is 10.9 Å². The standard InChI is InChI=1S/C13H18N6O/c1-9(2)10-3-5-11(6-4-10)13-15-18-19(16-13)8-7-12(14)17-20/h3-6,9,20H,7-8H2,1-2H3,(H2,14,17). The van der Waals surface area contributed by atoms with E-state index in [9.17, 15) is 0 Å². The Bertz CT molecular complexity index is 587. The summed E-state index contributed by atoms with van der Waals surface area (Å²) >= 11 is 0. The predicted octanol–water partition coefficient (Wildman–Crippen LogP) is 1.60. The molecular formula is C13H18N6O. The highest BCUT2D eigenvalue weighted by molar-refractivity contribution is 5.79. The molecule has 0 saturated carbocycles. The Balaban J connectivity index is 2.08. The van der Waals surface area contributed by atoms with Gasteiger partial charge in [-0.1, -0.05) is 43.3 Å². The summed E-state index contributed by atoms with van der Waals surface area (Å²) in [6, 6.07) is 8.11. The van der Waals surface area contributed by atoms with Gasteiger partial charge < -0.3 is 10.9 Å². The fourth-order valence-electron chi connectivity index (χ4n) is 1.74. The minimum absolute atomic E-state index is 0.144. The maximum absolute atomic E-state index is 8.46. The molecule has 2 rings (SSSR count). The molecule has 1 aromatic heterocycles. The van der Waals surface area contributed by atoms with Crippen LogP contribution >= 0.6 is 0 Å². The van der Waals surface area contributed by atoms with Crippen molar-refractivity contribution in [2.45, 2.75) is 32.7 Å². The summed E-state index contributed by atoms with van der Waals surface area (Å²) in [5.74, 6) is 1.21. The number of aromatic nitrogens is 4. The molecule has 106 valence electrons. The molecule has 0 bridgehead atoms. The molecule has 2 aromatic rings. The van der Waals surface area contributed by atoms with Gasteiger partial charge in [0.2, 0.25) is 5.82 Å². The van der Waals surface area contributed by atoms with Gasteiger partial charge in [0.15, 0.2) is 0 Å². The van der Waals surface area contributed by atoms with Crippen LogP contribution in [0.3, 0.4) is 0 Å². The lowest BCUT2D eigenvalue weighted by Crippen LogP contribution is -2.16. The quantitative estimate of drug-likeness (QED) is 0.373. The van der Waals surface area contributed by atoms with Gasteiger partial charge in [0.1, 0.15) is 5.84 Å². The van der Waals surface area contributed by atoms with Crippen LogP contribution in [0.25, 0.3) is 11.4 Å². The molecule has 0 atom stereocenters. The lowest BCUT2D eigenvalue weighted by atomic mass is 10.0. The van der Waals surface area contributed by atoms with Crippen molar-refractivity contribution in [1.82, 2.24) is 20.2 Å². The summed E-state index contributed by atoms with van der Waals surface area (Å²) in [7, 11) is 0. The maximum atomic E-state index is 8.46. The van der Waals surface area contributed by atoms with Crippen LogP contribution < -0.4 is 5.73 Å². The van der Waals surface area contributed by atoms with E-state index in [1.807, 2.05) is 12.1 Å². The van der Waals surface area contributed by atoms with Crippen LogP contribution in [0.5, 0.6) is 0 Å². The van der Waals surface area contributed by atoms with Gasteiger partial charge in [0.25, 0.3) is 0 Å². The molecular weight excluding hydrogens is 256 g/mol. The average molecular weight is 274 g/mol. The number of hydrogen-bond acceptors (Lipinski definition) is 5. The third kappa shape index (κ3) is 3.31. The minimum Gasteiger partial charge on any atom is -0.409 e. The molecule has 0 aliphatic heterocycles. The zero-order valence-electron chi connectivity index (χ0n) is 11.6. The van der Waals surface area contributed by atoms with Gasteiger partial charge in [-0.15, -0.1) is 10.2 Å². The van der Waals surface area contributed by atoms with Crippen LogP contribution in [0.4, 0.5) is 0 Å². The lowest BCUT2D eigenvalue weighted by Gasteiger charge is -2.04. The third-order valence-electron chi connectivity index (χ3n) is 2.98. The highest BCUT2D eigenvalue weighted by atomic mass is 16.4. The predicted molar refractivity (Wildman–Crippen MR) is 75.4 cm³/mol. The summed E-state index contributed by atoms with van der Waals surface area (Å²) in [4.78, 5) is 1.43. The average Bonchev–Trinajstić information content (AvgIpc) is 2.93. The second kappa shape index (κ2) is 6.14. The van der Waals surface area contributed by atoms with Crippen LogP contribution in [0.2, 0.25) is 0 Å². The summed E-state index contributed by atoms with van der Waals surface area (Å²) in [5.41, 5.74) is 7.59. The fraction of sp³-hybridized carbons (Fsp3) is 0.385. The molecule has 3 N–H and O–H groups in total. The number of rotatable bonds is 5. The Labute approximate surface area is 117 Å². The number of benzene rings is 1. The molecule has 0 fully saturated rings. The van der Waals surface area contributed by atoms with E-state index in [-0.39, 0.29) is 5.84 Å². The van der Waals surface area contributed by atoms with Crippen LogP contribution in [-0.4, -0.2) is 31.3 Å². The molecule has 7 heteroatoms.